The molecule has 2 N–H and O–H groups in total. The van der Waals surface area contributed by atoms with E-state index in [1.54, 1.807) is 7.11 Å². The number of hydrogen-bond donors (Lipinski definition) is 1. The second kappa shape index (κ2) is 3.79. The van der Waals surface area contributed by atoms with Crippen LogP contribution in [0, 0.1) is 0 Å². The van der Waals surface area contributed by atoms with Crippen LogP contribution >= 0.6 is 0 Å². The lowest BCUT2D eigenvalue weighted by Crippen LogP contribution is -2.28. The number of anilines is 1. The number of nitrogens with zero attached hydrogens (tertiary/aromatic N) is 2. The molecule has 2 aromatic rings. The molecule has 0 saturated heterocycles. The minimum atomic E-state index is -0.199. The lowest BCUT2D eigenvalue weighted by Gasteiger charge is -2.23. The van der Waals surface area contributed by atoms with Gasteiger partial charge in [-0.05, 0) is 32.0 Å². The van der Waals surface area contributed by atoms with E-state index in [9.17, 15) is 0 Å². The number of rotatable bonds is 3. The Labute approximate surface area is 95.0 Å². The Morgan fingerprint density at radius 3 is 2.88 bits per heavy atom. The van der Waals surface area contributed by atoms with Crippen LogP contribution in [0.3, 0.4) is 0 Å². The van der Waals surface area contributed by atoms with Crippen molar-refractivity contribution in [1.82, 2.24) is 9.55 Å². The van der Waals surface area contributed by atoms with Crippen LogP contribution in [0.2, 0.25) is 0 Å². The summed E-state index contributed by atoms with van der Waals surface area (Å²) in [7, 11) is 1.72. The largest absolute Gasteiger partial charge is 0.399 e. The molecule has 1 aromatic carbocycles. The normalized spacial score (nSPS) is 12.2. The number of benzene rings is 1. The number of aromatic nitrogens is 2. The Morgan fingerprint density at radius 1 is 1.44 bits per heavy atom. The van der Waals surface area contributed by atoms with Gasteiger partial charge in [-0.1, -0.05) is 0 Å². The Balaban J connectivity index is 2.39. The van der Waals surface area contributed by atoms with Crippen molar-refractivity contribution in [2.24, 2.45) is 0 Å². The van der Waals surface area contributed by atoms with Gasteiger partial charge in [0.15, 0.2) is 0 Å². The molecule has 16 heavy (non-hydrogen) atoms. The molecule has 0 amide bonds. The highest BCUT2D eigenvalue weighted by Crippen LogP contribution is 2.19. The third-order valence-electron chi connectivity index (χ3n) is 2.75. The maximum absolute atomic E-state index is 5.71. The molecule has 0 atom stereocenters. The molecule has 0 bridgehead atoms. The smallest absolute Gasteiger partial charge is 0.0959 e. The van der Waals surface area contributed by atoms with E-state index in [0.29, 0.717) is 0 Å². The van der Waals surface area contributed by atoms with E-state index >= 15 is 0 Å². The molecule has 4 heteroatoms. The first-order valence-electron chi connectivity index (χ1n) is 5.27. The van der Waals surface area contributed by atoms with Gasteiger partial charge in [0.1, 0.15) is 0 Å². The summed E-state index contributed by atoms with van der Waals surface area (Å²) >= 11 is 0. The van der Waals surface area contributed by atoms with Crippen molar-refractivity contribution in [1.29, 1.82) is 0 Å². The monoisotopic (exact) mass is 219 g/mol. The Morgan fingerprint density at radius 2 is 2.19 bits per heavy atom. The van der Waals surface area contributed by atoms with E-state index < -0.39 is 0 Å². The maximum Gasteiger partial charge on any atom is 0.0959 e. The zero-order chi connectivity index (χ0) is 11.8. The van der Waals surface area contributed by atoms with Crippen molar-refractivity contribution in [2.45, 2.75) is 26.0 Å². The second-order valence-electron chi connectivity index (χ2n) is 4.58. The lowest BCUT2D eigenvalue weighted by atomic mass is 10.1. The zero-order valence-corrected chi connectivity index (χ0v) is 9.90. The summed E-state index contributed by atoms with van der Waals surface area (Å²) < 4.78 is 7.49. The highest BCUT2D eigenvalue weighted by atomic mass is 16.5. The quantitative estimate of drug-likeness (QED) is 0.804. The summed E-state index contributed by atoms with van der Waals surface area (Å²) in [4.78, 5) is 4.33. The van der Waals surface area contributed by atoms with E-state index in [2.05, 4.69) is 23.4 Å². The topological polar surface area (TPSA) is 53.1 Å². The van der Waals surface area contributed by atoms with Crippen LogP contribution in [-0.2, 0) is 11.3 Å². The van der Waals surface area contributed by atoms with Crippen LogP contribution in [0.25, 0.3) is 11.0 Å². The number of nitrogens with two attached hydrogens (primary N) is 1. The molecule has 86 valence electrons. The fourth-order valence-corrected chi connectivity index (χ4v) is 1.68. The van der Waals surface area contributed by atoms with Crippen molar-refractivity contribution in [3.8, 4) is 0 Å². The summed E-state index contributed by atoms with van der Waals surface area (Å²) in [5.41, 5.74) is 8.26. The highest BCUT2D eigenvalue weighted by molar-refractivity contribution is 5.78. The predicted molar refractivity (Wildman–Crippen MR) is 65.2 cm³/mol. The molecule has 0 spiro atoms. The van der Waals surface area contributed by atoms with E-state index in [4.69, 9.17) is 10.5 Å². The third-order valence-corrected chi connectivity index (χ3v) is 2.75. The minimum Gasteiger partial charge on any atom is -0.399 e. The summed E-state index contributed by atoms with van der Waals surface area (Å²) in [6.45, 7) is 4.87. The predicted octanol–water partition coefficient (Wildman–Crippen LogP) is 2.04. The molecule has 4 nitrogen and oxygen atoms in total. The third kappa shape index (κ3) is 2.02. The average Bonchev–Trinajstić information content (AvgIpc) is 2.60. The van der Waals surface area contributed by atoms with Gasteiger partial charge in [-0.3, -0.25) is 0 Å². The lowest BCUT2D eigenvalue weighted by molar-refractivity contribution is 0.00901. The van der Waals surface area contributed by atoms with Gasteiger partial charge in [0, 0.05) is 12.8 Å². The van der Waals surface area contributed by atoms with Gasteiger partial charge < -0.3 is 15.0 Å². The Bertz CT molecular complexity index is 502. The molecule has 0 unspecified atom stereocenters. The average molecular weight is 219 g/mol. The molecular formula is C12H17N3O. The van der Waals surface area contributed by atoms with Crippen LogP contribution < -0.4 is 5.73 Å². The summed E-state index contributed by atoms with van der Waals surface area (Å²) in [6.07, 6.45) is 1.82. The van der Waals surface area contributed by atoms with Gasteiger partial charge in [-0.15, -0.1) is 0 Å². The van der Waals surface area contributed by atoms with Crippen molar-refractivity contribution >= 4 is 16.7 Å². The van der Waals surface area contributed by atoms with E-state index in [1.165, 1.54) is 0 Å². The van der Waals surface area contributed by atoms with E-state index in [1.807, 2.05) is 24.5 Å². The summed E-state index contributed by atoms with van der Waals surface area (Å²) in [5, 5.41) is 0. The zero-order valence-electron chi connectivity index (χ0n) is 9.90. The summed E-state index contributed by atoms with van der Waals surface area (Å²) in [6, 6.07) is 5.76. The van der Waals surface area contributed by atoms with Crippen molar-refractivity contribution in [2.75, 3.05) is 12.8 Å². The first-order valence-corrected chi connectivity index (χ1v) is 5.27. The van der Waals surface area contributed by atoms with Crippen molar-refractivity contribution in [3.63, 3.8) is 0 Å². The van der Waals surface area contributed by atoms with Gasteiger partial charge in [0.05, 0.1) is 29.5 Å². The molecule has 0 radical (unpaired) electrons. The molecule has 1 heterocycles. The van der Waals surface area contributed by atoms with Crippen LogP contribution in [0.5, 0.6) is 0 Å². The Hall–Kier alpha value is -1.55. The molecule has 0 saturated carbocycles. The van der Waals surface area contributed by atoms with E-state index in [0.717, 1.165) is 23.3 Å². The number of hydrogen-bond acceptors (Lipinski definition) is 3. The van der Waals surface area contributed by atoms with E-state index in [-0.39, 0.29) is 5.60 Å². The number of fused-ring (bicyclic) bond motifs is 1. The minimum absolute atomic E-state index is 0.199. The summed E-state index contributed by atoms with van der Waals surface area (Å²) in [5.74, 6) is 0. The van der Waals surface area contributed by atoms with Crippen LogP contribution in [0.4, 0.5) is 5.69 Å². The van der Waals surface area contributed by atoms with Crippen LogP contribution in [0.1, 0.15) is 13.8 Å². The second-order valence-corrected chi connectivity index (χ2v) is 4.58. The molecule has 1 aromatic heterocycles. The highest BCUT2D eigenvalue weighted by Gasteiger charge is 2.18. The number of methoxy groups -OCH3 is 1. The van der Waals surface area contributed by atoms with Gasteiger partial charge in [0.25, 0.3) is 0 Å². The first-order chi connectivity index (χ1) is 7.52. The van der Waals surface area contributed by atoms with Gasteiger partial charge in [-0.2, -0.15) is 0 Å². The van der Waals surface area contributed by atoms with Gasteiger partial charge in [-0.25, -0.2) is 4.98 Å². The molecule has 0 aliphatic carbocycles. The van der Waals surface area contributed by atoms with Crippen LogP contribution in [-0.4, -0.2) is 22.3 Å². The van der Waals surface area contributed by atoms with Crippen LogP contribution in [0.15, 0.2) is 24.5 Å². The molecule has 0 aliphatic rings. The number of imidazole rings is 1. The molecule has 0 fully saturated rings. The molecular weight excluding hydrogens is 202 g/mol. The Kier molecular flexibility index (Phi) is 2.59. The first kappa shape index (κ1) is 11.0. The fourth-order valence-electron chi connectivity index (χ4n) is 1.68. The SMILES string of the molecule is COC(C)(C)Cn1cnc2cc(N)ccc21. The maximum atomic E-state index is 5.71. The molecule has 2 rings (SSSR count). The number of ether oxygens (including phenoxy) is 1. The molecule has 0 aliphatic heterocycles. The standard InChI is InChI=1S/C12H17N3O/c1-12(2,16-3)7-15-8-14-10-6-9(13)4-5-11(10)15/h4-6,8H,7,13H2,1-3H3. The van der Waals surface area contributed by atoms with Crippen molar-refractivity contribution < 1.29 is 4.74 Å². The number of nitrogen functional groups attached to an aromatic ring is 1. The van der Waals surface area contributed by atoms with Gasteiger partial charge in [0.2, 0.25) is 0 Å². The van der Waals surface area contributed by atoms with Gasteiger partial charge >= 0.3 is 0 Å². The fraction of sp³-hybridized carbons (Fsp3) is 0.417. The van der Waals surface area contributed by atoms with Crippen molar-refractivity contribution in [3.05, 3.63) is 24.5 Å².